The monoisotopic (exact) mass is 398 g/mol. The molecule has 0 spiro atoms. The predicted octanol–water partition coefficient (Wildman–Crippen LogP) is 6.89. The molecule has 2 aromatic carbocycles. The average molecular weight is 399 g/mol. The first-order valence-corrected chi connectivity index (χ1v) is 11.1. The van der Waals surface area contributed by atoms with E-state index < -0.39 is 0 Å². The largest absolute Gasteiger partial charge is 0.232 e. The third kappa shape index (κ3) is 2.28. The molecule has 0 fully saturated rings. The molecule has 2 unspecified atom stereocenters. The number of thiophene rings is 1. The van der Waals surface area contributed by atoms with Gasteiger partial charge in [-0.05, 0) is 37.6 Å². The van der Waals surface area contributed by atoms with Gasteiger partial charge in [0.15, 0.2) is 0 Å². The molecule has 2 aliphatic rings. The molecule has 3 heterocycles. The summed E-state index contributed by atoms with van der Waals surface area (Å²) in [5.41, 5.74) is 4.73. The maximum Gasteiger partial charge on any atom is 0.126 e. The summed E-state index contributed by atoms with van der Waals surface area (Å²) in [7, 11) is 0. The first kappa shape index (κ1) is 16.5. The van der Waals surface area contributed by atoms with Crippen molar-refractivity contribution in [3.63, 3.8) is 0 Å². The molecule has 2 atom stereocenters. The Hall–Kier alpha value is -2.43. The number of hydrogen-bond donors (Lipinski definition) is 0. The fourth-order valence-corrected chi connectivity index (χ4v) is 6.94. The molecule has 1 aliphatic heterocycles. The van der Waals surface area contributed by atoms with Gasteiger partial charge in [-0.2, -0.15) is 0 Å². The van der Waals surface area contributed by atoms with Crippen LogP contribution in [0.1, 0.15) is 24.2 Å². The minimum Gasteiger partial charge on any atom is -0.232 e. The van der Waals surface area contributed by atoms with E-state index in [0.717, 1.165) is 17.0 Å². The number of benzene rings is 2. The summed E-state index contributed by atoms with van der Waals surface area (Å²) in [6, 6.07) is 15.4. The topological polar surface area (TPSA) is 25.8 Å². The minimum atomic E-state index is 0.115. The molecule has 0 amide bonds. The highest BCUT2D eigenvalue weighted by molar-refractivity contribution is 8.01. The Bertz CT molecular complexity index is 1330. The second-order valence-electron chi connectivity index (χ2n) is 7.66. The highest BCUT2D eigenvalue weighted by Crippen LogP contribution is 2.56. The highest BCUT2D eigenvalue weighted by Gasteiger charge is 2.41. The van der Waals surface area contributed by atoms with Crippen molar-refractivity contribution in [3.8, 4) is 11.3 Å². The Morgan fingerprint density at radius 2 is 1.93 bits per heavy atom. The van der Waals surface area contributed by atoms with Crippen molar-refractivity contribution in [2.75, 3.05) is 0 Å². The highest BCUT2D eigenvalue weighted by atomic mass is 32.2. The Balaban J connectivity index is 1.59. The third-order valence-corrected chi connectivity index (χ3v) is 8.33. The second-order valence-corrected chi connectivity index (χ2v) is 10.2. The predicted molar refractivity (Wildman–Crippen MR) is 120 cm³/mol. The van der Waals surface area contributed by atoms with Gasteiger partial charge in [-0.25, -0.2) is 9.97 Å². The lowest BCUT2D eigenvalue weighted by molar-refractivity contribution is 0.702. The van der Waals surface area contributed by atoms with E-state index in [4.69, 9.17) is 9.97 Å². The van der Waals surface area contributed by atoms with Crippen LogP contribution in [0.15, 0.2) is 71.7 Å². The van der Waals surface area contributed by atoms with Gasteiger partial charge in [0.1, 0.15) is 5.82 Å². The SMILES string of the molecule is Cc1nc(-c2ccc3c(c2)C2C=CC=CC2(C)S3)c2sc3ccccc3c2n1. The zero-order valence-corrected chi connectivity index (χ0v) is 17.3. The third-order valence-electron chi connectivity index (χ3n) is 5.74. The Morgan fingerprint density at radius 3 is 2.86 bits per heavy atom. The number of fused-ring (bicyclic) bond motifs is 6. The Kier molecular flexibility index (Phi) is 3.41. The van der Waals surface area contributed by atoms with Crippen molar-refractivity contribution in [2.45, 2.75) is 29.4 Å². The fourth-order valence-electron chi connectivity index (χ4n) is 4.39. The van der Waals surface area contributed by atoms with Crippen LogP contribution in [0.5, 0.6) is 0 Å². The Labute approximate surface area is 172 Å². The molecule has 1 aliphatic carbocycles. The summed E-state index contributed by atoms with van der Waals surface area (Å²) < 4.78 is 2.56. The van der Waals surface area contributed by atoms with Gasteiger partial charge in [0.05, 0.1) is 15.9 Å². The normalized spacial score (nSPS) is 22.7. The molecule has 6 rings (SSSR count). The van der Waals surface area contributed by atoms with Gasteiger partial charge in [0.2, 0.25) is 0 Å². The molecule has 4 heteroatoms. The number of nitrogens with zero attached hydrogens (tertiary/aromatic N) is 2. The average Bonchev–Trinajstić information content (AvgIpc) is 3.21. The van der Waals surface area contributed by atoms with Crippen molar-refractivity contribution in [2.24, 2.45) is 0 Å². The van der Waals surface area contributed by atoms with Crippen LogP contribution in [-0.4, -0.2) is 14.7 Å². The number of thioether (sulfide) groups is 1. The summed E-state index contributed by atoms with van der Waals surface area (Å²) in [4.78, 5) is 11.0. The summed E-state index contributed by atoms with van der Waals surface area (Å²) in [5.74, 6) is 1.24. The molecule has 0 N–H and O–H groups in total. The standard InChI is InChI=1S/C24H18N2S2/c1-14-25-21(23-22(26-14)16-7-3-4-9-19(16)27-23)15-10-11-20-17(13-15)18-8-5-6-12-24(18,2)28-20/h3-13,18H,1-2H3. The zero-order chi connectivity index (χ0) is 18.9. The first-order valence-electron chi connectivity index (χ1n) is 9.48. The lowest BCUT2D eigenvalue weighted by Gasteiger charge is -2.27. The second kappa shape index (κ2) is 5.79. The molecular formula is C24H18N2S2. The first-order chi connectivity index (χ1) is 13.6. The number of allylic oxidation sites excluding steroid dienone is 3. The van der Waals surface area contributed by atoms with Gasteiger partial charge >= 0.3 is 0 Å². The van der Waals surface area contributed by atoms with Crippen LogP contribution in [0.2, 0.25) is 0 Å². The Morgan fingerprint density at radius 1 is 1.04 bits per heavy atom. The van der Waals surface area contributed by atoms with Gasteiger partial charge in [-0.3, -0.25) is 0 Å². The lowest BCUT2D eigenvalue weighted by atomic mass is 9.83. The quantitative estimate of drug-likeness (QED) is 0.349. The van der Waals surface area contributed by atoms with Crippen molar-refractivity contribution >= 4 is 43.4 Å². The molecule has 0 radical (unpaired) electrons. The van der Waals surface area contributed by atoms with Crippen LogP contribution in [0.4, 0.5) is 0 Å². The molecule has 0 bridgehead atoms. The molecule has 0 saturated heterocycles. The van der Waals surface area contributed by atoms with E-state index in [9.17, 15) is 0 Å². The van der Waals surface area contributed by atoms with Crippen LogP contribution < -0.4 is 0 Å². The van der Waals surface area contributed by atoms with E-state index >= 15 is 0 Å². The van der Waals surface area contributed by atoms with E-state index in [-0.39, 0.29) is 4.75 Å². The number of hydrogen-bond acceptors (Lipinski definition) is 4. The van der Waals surface area contributed by atoms with Gasteiger partial charge in [0, 0.05) is 31.2 Å². The van der Waals surface area contributed by atoms with Gasteiger partial charge in [0.25, 0.3) is 0 Å². The van der Waals surface area contributed by atoms with Crippen molar-refractivity contribution in [1.29, 1.82) is 0 Å². The maximum absolute atomic E-state index is 4.87. The lowest BCUT2D eigenvalue weighted by Crippen LogP contribution is -2.22. The van der Waals surface area contributed by atoms with E-state index in [2.05, 4.69) is 73.7 Å². The fraction of sp³-hybridized carbons (Fsp3) is 0.167. The summed E-state index contributed by atoms with van der Waals surface area (Å²) in [5, 5.41) is 1.22. The number of aryl methyl sites for hydroxylation is 1. The van der Waals surface area contributed by atoms with Crippen molar-refractivity contribution < 1.29 is 0 Å². The van der Waals surface area contributed by atoms with Gasteiger partial charge in [-0.1, -0.05) is 48.6 Å². The van der Waals surface area contributed by atoms with E-state index in [0.29, 0.717) is 5.92 Å². The van der Waals surface area contributed by atoms with Crippen LogP contribution in [0.25, 0.3) is 31.6 Å². The van der Waals surface area contributed by atoms with Crippen LogP contribution in [0.3, 0.4) is 0 Å². The van der Waals surface area contributed by atoms with Crippen LogP contribution in [0, 0.1) is 6.92 Å². The smallest absolute Gasteiger partial charge is 0.126 e. The molecule has 2 nitrogen and oxygen atoms in total. The maximum atomic E-state index is 4.87. The molecular weight excluding hydrogens is 380 g/mol. The zero-order valence-electron chi connectivity index (χ0n) is 15.6. The number of rotatable bonds is 1. The van der Waals surface area contributed by atoms with Gasteiger partial charge < -0.3 is 0 Å². The van der Waals surface area contributed by atoms with Crippen molar-refractivity contribution in [1.82, 2.24) is 9.97 Å². The van der Waals surface area contributed by atoms with Crippen LogP contribution >= 0.6 is 23.1 Å². The molecule has 2 aromatic heterocycles. The summed E-state index contributed by atoms with van der Waals surface area (Å²) in [6.45, 7) is 4.32. The van der Waals surface area contributed by atoms with E-state index in [1.807, 2.05) is 18.7 Å². The molecule has 136 valence electrons. The number of aromatic nitrogens is 2. The molecule has 0 saturated carbocycles. The molecule has 28 heavy (non-hydrogen) atoms. The minimum absolute atomic E-state index is 0.115. The summed E-state index contributed by atoms with van der Waals surface area (Å²) >= 11 is 3.76. The van der Waals surface area contributed by atoms with Crippen LogP contribution in [-0.2, 0) is 0 Å². The van der Waals surface area contributed by atoms with E-state index in [1.54, 1.807) is 11.3 Å². The van der Waals surface area contributed by atoms with E-state index in [1.165, 1.54) is 30.8 Å². The molecule has 4 aromatic rings. The van der Waals surface area contributed by atoms with Crippen molar-refractivity contribution in [3.05, 3.63) is 78.2 Å². The van der Waals surface area contributed by atoms with Gasteiger partial charge in [-0.15, -0.1) is 23.1 Å². The summed E-state index contributed by atoms with van der Waals surface area (Å²) in [6.07, 6.45) is 9.02.